The molecule has 0 aliphatic carbocycles. The second kappa shape index (κ2) is 5.15. The predicted molar refractivity (Wildman–Crippen MR) is 71.5 cm³/mol. The quantitative estimate of drug-likeness (QED) is 0.842. The van der Waals surface area contributed by atoms with E-state index >= 15 is 0 Å². The second-order valence-electron chi connectivity index (χ2n) is 3.99. The Labute approximate surface area is 105 Å². The summed E-state index contributed by atoms with van der Waals surface area (Å²) < 4.78 is 15.8. The van der Waals surface area contributed by atoms with Crippen LogP contribution < -0.4 is 4.18 Å². The molecule has 2 nitrogen and oxygen atoms in total. The minimum absolute atomic E-state index is 0.324. The fourth-order valence-corrected chi connectivity index (χ4v) is 2.17. The average Bonchev–Trinajstić information content (AvgIpc) is 2.32. The Morgan fingerprint density at radius 2 is 1.82 bits per heavy atom. The van der Waals surface area contributed by atoms with Gasteiger partial charge in [-0.05, 0) is 25.0 Å². The molecule has 0 saturated carbocycles. The number of para-hydroxylation sites is 1. The number of aryl methyl sites for hydroxylation is 2. The van der Waals surface area contributed by atoms with Crippen LogP contribution in [0.4, 0.5) is 0 Å². The summed E-state index contributed by atoms with van der Waals surface area (Å²) in [5.41, 5.74) is 4.21. The number of rotatable bonds is 3. The maximum absolute atomic E-state index is 10.7. The largest absolute Gasteiger partial charge is 0.402 e. The predicted octanol–water partition coefficient (Wildman–Crippen LogP) is 3.21. The van der Waals surface area contributed by atoms with Gasteiger partial charge in [0.2, 0.25) is 0 Å². The average molecular weight is 246 g/mol. The molecule has 0 N–H and O–H groups in total. The summed E-state index contributed by atoms with van der Waals surface area (Å²) in [4.78, 5) is 0. The number of hydrogen-bond donors (Lipinski definition) is 1. The van der Waals surface area contributed by atoms with E-state index in [9.17, 15) is 4.21 Å². The highest BCUT2D eigenvalue weighted by Gasteiger charge is 2.09. The molecular weight excluding hydrogens is 232 g/mol. The zero-order valence-corrected chi connectivity index (χ0v) is 10.7. The first-order chi connectivity index (χ1) is 8.22. The Morgan fingerprint density at radius 1 is 1.06 bits per heavy atom. The smallest absolute Gasteiger partial charge is 0.193 e. The van der Waals surface area contributed by atoms with E-state index < -0.39 is 0 Å². The highest BCUT2D eigenvalue weighted by Crippen LogP contribution is 2.33. The van der Waals surface area contributed by atoms with Crippen molar-refractivity contribution in [3.8, 4) is 16.9 Å². The zero-order valence-electron chi connectivity index (χ0n) is 9.81. The molecule has 3 heteroatoms. The molecule has 0 spiro atoms. The molecule has 0 heterocycles. The number of benzene rings is 2. The lowest BCUT2D eigenvalue weighted by Crippen LogP contribution is -1.92. The van der Waals surface area contributed by atoms with E-state index in [4.69, 9.17) is 4.18 Å². The van der Waals surface area contributed by atoms with Crippen molar-refractivity contribution in [2.45, 2.75) is 13.8 Å². The molecule has 2 aromatic carbocycles. The van der Waals surface area contributed by atoms with Gasteiger partial charge in [0.1, 0.15) is 0 Å². The molecular formula is C14H14O2S. The van der Waals surface area contributed by atoms with E-state index in [1.54, 1.807) is 0 Å². The van der Waals surface area contributed by atoms with Gasteiger partial charge in [0.15, 0.2) is 17.7 Å². The minimum atomic E-state index is -0.324. The maximum Gasteiger partial charge on any atom is 0.193 e. The van der Waals surface area contributed by atoms with Crippen LogP contribution in [0.25, 0.3) is 11.1 Å². The second-order valence-corrected chi connectivity index (χ2v) is 4.32. The summed E-state index contributed by atoms with van der Waals surface area (Å²) >= 11 is -0.324. The summed E-state index contributed by atoms with van der Waals surface area (Å²) in [6.07, 6.45) is 0. The van der Waals surface area contributed by atoms with Crippen LogP contribution in [0.5, 0.6) is 5.75 Å². The lowest BCUT2D eigenvalue weighted by atomic mass is 10.0. The van der Waals surface area contributed by atoms with E-state index in [1.165, 1.54) is 5.56 Å². The van der Waals surface area contributed by atoms with E-state index in [0.29, 0.717) is 5.75 Å². The molecule has 0 fully saturated rings. The molecule has 0 bridgehead atoms. The van der Waals surface area contributed by atoms with Gasteiger partial charge in [0.05, 0.1) is 0 Å². The van der Waals surface area contributed by atoms with Crippen LogP contribution in [0.3, 0.4) is 0 Å². The number of thiol groups is 1. The van der Waals surface area contributed by atoms with Gasteiger partial charge in [-0.1, -0.05) is 48.0 Å². The van der Waals surface area contributed by atoms with Gasteiger partial charge >= 0.3 is 0 Å². The van der Waals surface area contributed by atoms with Gasteiger partial charge in [-0.2, -0.15) is 0 Å². The fourth-order valence-electron chi connectivity index (χ4n) is 1.85. The van der Waals surface area contributed by atoms with Gasteiger partial charge in [-0.25, -0.2) is 4.21 Å². The Bertz CT molecular complexity index is 550. The van der Waals surface area contributed by atoms with Gasteiger partial charge in [-0.15, -0.1) is 0 Å². The molecule has 0 unspecified atom stereocenters. The van der Waals surface area contributed by atoms with Gasteiger partial charge in [0, 0.05) is 5.56 Å². The molecule has 0 amide bonds. The van der Waals surface area contributed by atoms with Crippen molar-refractivity contribution < 1.29 is 8.39 Å². The fraction of sp³-hybridized carbons (Fsp3) is 0.143. The molecule has 2 rings (SSSR count). The van der Waals surface area contributed by atoms with E-state index in [-0.39, 0.29) is 11.9 Å². The molecule has 0 aromatic heterocycles. The van der Waals surface area contributed by atoms with Crippen LogP contribution in [-0.4, -0.2) is 4.21 Å². The van der Waals surface area contributed by atoms with Crippen molar-refractivity contribution in [2.75, 3.05) is 0 Å². The third-order valence-corrected chi connectivity index (χ3v) is 2.93. The third kappa shape index (κ3) is 2.56. The highest BCUT2D eigenvalue weighted by molar-refractivity contribution is 7.60. The molecule has 0 aliphatic rings. The van der Waals surface area contributed by atoms with Crippen LogP contribution in [0, 0.1) is 13.8 Å². The summed E-state index contributed by atoms with van der Waals surface area (Å²) in [5.74, 6) is 0.676. The van der Waals surface area contributed by atoms with Crippen LogP contribution in [-0.2, 0) is 11.9 Å². The molecule has 0 aliphatic heterocycles. The van der Waals surface area contributed by atoms with E-state index in [1.807, 2.05) is 50.2 Å². The Kier molecular flexibility index (Phi) is 3.59. The standard InChI is InChI=1S/C14H14O2S/c1-10-5-3-7-12(9-10)13-8-4-6-11(2)14(13)16-17-15/h3-9,17H,1-2H3. The van der Waals surface area contributed by atoms with Crippen molar-refractivity contribution >= 4 is 11.9 Å². The Morgan fingerprint density at radius 3 is 2.53 bits per heavy atom. The van der Waals surface area contributed by atoms with E-state index in [0.717, 1.165) is 16.7 Å². The Hall–Kier alpha value is -1.61. The van der Waals surface area contributed by atoms with Crippen LogP contribution in [0.1, 0.15) is 11.1 Å². The molecule has 2 aromatic rings. The lowest BCUT2D eigenvalue weighted by molar-refractivity contribution is 0.580. The van der Waals surface area contributed by atoms with E-state index in [2.05, 4.69) is 6.07 Å². The first-order valence-corrected chi connectivity index (χ1v) is 6.11. The lowest BCUT2D eigenvalue weighted by Gasteiger charge is -2.10. The van der Waals surface area contributed by atoms with Crippen molar-refractivity contribution in [2.24, 2.45) is 0 Å². The summed E-state index contributed by atoms with van der Waals surface area (Å²) in [7, 11) is 0. The first-order valence-electron chi connectivity index (χ1n) is 5.38. The van der Waals surface area contributed by atoms with Gasteiger partial charge in [-0.3, -0.25) is 0 Å². The Balaban J connectivity index is 2.58. The van der Waals surface area contributed by atoms with Crippen LogP contribution in [0.2, 0.25) is 0 Å². The molecule has 0 saturated heterocycles. The normalized spacial score (nSPS) is 10.2. The first kappa shape index (κ1) is 11.9. The van der Waals surface area contributed by atoms with Crippen molar-refractivity contribution in [3.63, 3.8) is 0 Å². The molecule has 17 heavy (non-hydrogen) atoms. The minimum Gasteiger partial charge on any atom is -0.402 e. The van der Waals surface area contributed by atoms with Crippen molar-refractivity contribution in [3.05, 3.63) is 53.6 Å². The van der Waals surface area contributed by atoms with Gasteiger partial charge < -0.3 is 4.18 Å². The monoisotopic (exact) mass is 246 g/mol. The topological polar surface area (TPSA) is 26.3 Å². The summed E-state index contributed by atoms with van der Waals surface area (Å²) in [6, 6.07) is 14.1. The van der Waals surface area contributed by atoms with Crippen molar-refractivity contribution in [1.82, 2.24) is 0 Å². The summed E-state index contributed by atoms with van der Waals surface area (Å²) in [5, 5.41) is 0. The van der Waals surface area contributed by atoms with Gasteiger partial charge in [0.25, 0.3) is 0 Å². The van der Waals surface area contributed by atoms with Crippen LogP contribution in [0.15, 0.2) is 42.5 Å². The van der Waals surface area contributed by atoms with Crippen molar-refractivity contribution in [1.29, 1.82) is 0 Å². The maximum atomic E-state index is 10.7. The third-order valence-electron chi connectivity index (χ3n) is 2.67. The SMILES string of the molecule is Cc1cccc(-c2cccc(C)c2O[SH]=O)c1. The summed E-state index contributed by atoms with van der Waals surface area (Å²) in [6.45, 7) is 3.99. The molecule has 0 radical (unpaired) electrons. The molecule has 88 valence electrons. The highest BCUT2D eigenvalue weighted by atomic mass is 32.2. The zero-order chi connectivity index (χ0) is 12.3. The van der Waals surface area contributed by atoms with Crippen LogP contribution >= 0.6 is 0 Å². The number of hydrogen-bond acceptors (Lipinski definition) is 2. The molecule has 0 atom stereocenters.